The Kier molecular flexibility index (Phi) is 5.95. The van der Waals surface area contributed by atoms with Crippen molar-refractivity contribution in [3.8, 4) is 11.5 Å². The van der Waals surface area contributed by atoms with E-state index in [1.165, 1.54) is 0 Å². The van der Waals surface area contributed by atoms with Gasteiger partial charge in [0.05, 0.1) is 22.3 Å². The molecule has 0 unspecified atom stereocenters. The lowest BCUT2D eigenvalue weighted by atomic mass is 10.1. The number of rotatable bonds is 7. The maximum atomic E-state index is 12.3. The van der Waals surface area contributed by atoms with Crippen molar-refractivity contribution in [2.75, 3.05) is 0 Å². The Morgan fingerprint density at radius 1 is 0.679 bits per heavy atom. The van der Waals surface area contributed by atoms with Gasteiger partial charge in [0.1, 0.15) is 11.5 Å². The van der Waals surface area contributed by atoms with Gasteiger partial charge >= 0.3 is 23.9 Å². The van der Waals surface area contributed by atoms with Crippen LogP contribution in [0.4, 0.5) is 0 Å². The molecular weight excluding hydrogens is 400 g/mol. The van der Waals surface area contributed by atoms with Crippen LogP contribution in [0.25, 0.3) is 0 Å². The topological polar surface area (TPSA) is 182 Å². The van der Waals surface area contributed by atoms with E-state index in [0.29, 0.717) is 0 Å². The number of carbonyl (C=O) groups excluding carboxylic acids is 1. The lowest BCUT2D eigenvalue weighted by Gasteiger charge is -2.10. The minimum atomic E-state index is -3.32. The minimum absolute atomic E-state index is 0.347. The van der Waals surface area contributed by atoms with Crippen molar-refractivity contribution in [1.29, 1.82) is 0 Å². The highest BCUT2D eigenvalue weighted by molar-refractivity contribution is 7.67. The van der Waals surface area contributed by atoms with E-state index in [-0.39, 0.29) is 11.5 Å². The Morgan fingerprint density at radius 3 is 1.64 bits per heavy atom. The summed E-state index contributed by atoms with van der Waals surface area (Å²) < 4.78 is 30.6. The second kappa shape index (κ2) is 8.18. The van der Waals surface area contributed by atoms with Crippen LogP contribution in [0.3, 0.4) is 0 Å². The summed E-state index contributed by atoms with van der Waals surface area (Å²) in [5.74, 6) is -6.59. The number of benzene rings is 2. The average molecular weight is 410 g/mol. The Bertz CT molecular complexity index is 1060. The van der Waals surface area contributed by atoms with Gasteiger partial charge in [-0.25, -0.2) is 19.2 Å². The first kappa shape index (κ1) is 20.4. The molecule has 146 valence electrons. The largest absolute Gasteiger partial charge is 0.478 e. The lowest BCUT2D eigenvalue weighted by molar-refractivity contribution is 0.0648. The van der Waals surface area contributed by atoms with Gasteiger partial charge < -0.3 is 24.2 Å². The number of thiol groups is 1. The molecule has 0 radical (unpaired) electrons. The number of carboxylic acid groups (broad SMARTS) is 3. The zero-order valence-corrected chi connectivity index (χ0v) is 14.4. The Labute approximate surface area is 157 Å². The van der Waals surface area contributed by atoms with Gasteiger partial charge in [-0.3, -0.25) is 0 Å². The van der Waals surface area contributed by atoms with Crippen LogP contribution in [0.2, 0.25) is 0 Å². The molecular formula is C16H10O11S. The van der Waals surface area contributed by atoms with Crippen LogP contribution in [0.1, 0.15) is 41.4 Å². The lowest BCUT2D eigenvalue weighted by Crippen LogP contribution is -2.15. The number of ether oxygens (including phenoxy) is 1. The van der Waals surface area contributed by atoms with Gasteiger partial charge in [0.15, 0.2) is 0 Å². The minimum Gasteiger partial charge on any atom is -0.478 e. The zero-order valence-electron chi connectivity index (χ0n) is 13.5. The van der Waals surface area contributed by atoms with Crippen molar-refractivity contribution in [1.82, 2.24) is 0 Å². The smallest absolute Gasteiger partial charge is 0.344 e. The van der Waals surface area contributed by atoms with Gasteiger partial charge in [-0.2, -0.15) is 8.42 Å². The zero-order chi connectivity index (χ0) is 21.0. The highest BCUT2D eigenvalue weighted by Gasteiger charge is 2.22. The van der Waals surface area contributed by atoms with E-state index in [1.54, 1.807) is 0 Å². The van der Waals surface area contributed by atoms with Crippen LogP contribution in [0, 0.1) is 0 Å². The number of esters is 1. The van der Waals surface area contributed by atoms with Crippen molar-refractivity contribution in [2.24, 2.45) is 0 Å². The monoisotopic (exact) mass is 410 g/mol. The third kappa shape index (κ3) is 4.62. The molecule has 0 bridgehead atoms. The third-order valence-corrected chi connectivity index (χ3v) is 3.64. The second-order valence-electron chi connectivity index (χ2n) is 5.03. The van der Waals surface area contributed by atoms with E-state index in [1.807, 2.05) is 0 Å². The second-order valence-corrected chi connectivity index (χ2v) is 5.66. The molecule has 3 N–H and O–H groups in total. The van der Waals surface area contributed by atoms with Crippen LogP contribution < -0.4 is 8.92 Å². The van der Waals surface area contributed by atoms with E-state index in [2.05, 4.69) is 4.18 Å². The van der Waals surface area contributed by atoms with Gasteiger partial charge in [-0.05, 0) is 36.4 Å². The number of carbonyl (C=O) groups is 4. The predicted molar refractivity (Wildman–Crippen MR) is 89.7 cm³/mol. The standard InChI is InChI=1S/C16H10O11S/c17-13(18)9-3-1-7(5-11(9)15(21)22)26-16(23)12-6-8(27-28(24)25)2-4-10(12)14(19)20/h1-6,28H,(H,17,18)(H,19,20)(H,21,22). The first-order valence-electron chi connectivity index (χ1n) is 7.12. The SMILES string of the molecule is O=C(O)c1ccc(OC(=O)c2cc(O[SH](=O)=O)ccc2C(=O)O)cc1C(=O)O. The molecule has 0 aliphatic carbocycles. The summed E-state index contributed by atoms with van der Waals surface area (Å²) >= 11 is 0. The van der Waals surface area contributed by atoms with Crippen molar-refractivity contribution in [3.63, 3.8) is 0 Å². The van der Waals surface area contributed by atoms with Crippen molar-refractivity contribution in [2.45, 2.75) is 0 Å². The summed E-state index contributed by atoms with van der Waals surface area (Å²) in [6.07, 6.45) is 0. The first-order valence-corrected chi connectivity index (χ1v) is 8.22. The van der Waals surface area contributed by atoms with Crippen LogP contribution in [-0.4, -0.2) is 47.6 Å². The summed E-state index contributed by atoms with van der Waals surface area (Å²) in [7, 11) is -3.32. The van der Waals surface area contributed by atoms with Crippen LogP contribution in [-0.2, 0) is 11.0 Å². The molecule has 0 fully saturated rings. The van der Waals surface area contributed by atoms with Crippen molar-refractivity contribution < 1.29 is 51.8 Å². The van der Waals surface area contributed by atoms with Crippen molar-refractivity contribution >= 4 is 34.9 Å². The molecule has 0 spiro atoms. The number of carboxylic acids is 3. The molecule has 28 heavy (non-hydrogen) atoms. The molecule has 12 heteroatoms. The number of hydrogen-bond donors (Lipinski definition) is 4. The summed E-state index contributed by atoms with van der Waals surface area (Å²) in [5, 5.41) is 27.2. The summed E-state index contributed by atoms with van der Waals surface area (Å²) in [4.78, 5) is 45.8. The molecule has 0 aliphatic heterocycles. The number of hydrogen-bond acceptors (Lipinski definition) is 8. The van der Waals surface area contributed by atoms with E-state index in [4.69, 9.17) is 20.1 Å². The van der Waals surface area contributed by atoms with Gasteiger partial charge in [0.2, 0.25) is 0 Å². The summed E-state index contributed by atoms with van der Waals surface area (Å²) in [6, 6.07) is 5.43. The van der Waals surface area contributed by atoms with Crippen LogP contribution in [0.5, 0.6) is 11.5 Å². The highest BCUT2D eigenvalue weighted by Crippen LogP contribution is 2.23. The predicted octanol–water partition coefficient (Wildman–Crippen LogP) is 0.906. The summed E-state index contributed by atoms with van der Waals surface area (Å²) in [6.45, 7) is 0. The molecule has 11 nitrogen and oxygen atoms in total. The molecule has 0 saturated carbocycles. The van der Waals surface area contributed by atoms with Crippen LogP contribution >= 0.6 is 0 Å². The molecule has 0 saturated heterocycles. The Morgan fingerprint density at radius 2 is 1.14 bits per heavy atom. The molecule has 2 aromatic rings. The molecule has 2 aromatic carbocycles. The van der Waals surface area contributed by atoms with Gasteiger partial charge in [-0.1, -0.05) is 0 Å². The summed E-state index contributed by atoms with van der Waals surface area (Å²) in [5.41, 5.74) is -2.30. The molecule has 0 amide bonds. The normalized spacial score (nSPS) is 10.3. The van der Waals surface area contributed by atoms with Gasteiger partial charge in [0.25, 0.3) is 11.0 Å². The Hall–Kier alpha value is -3.93. The van der Waals surface area contributed by atoms with Crippen molar-refractivity contribution in [3.05, 3.63) is 58.7 Å². The maximum Gasteiger partial charge on any atom is 0.344 e. The van der Waals surface area contributed by atoms with Gasteiger partial charge in [-0.15, -0.1) is 0 Å². The quantitative estimate of drug-likeness (QED) is 0.289. The fourth-order valence-electron chi connectivity index (χ4n) is 2.13. The van der Waals surface area contributed by atoms with Crippen LogP contribution in [0.15, 0.2) is 36.4 Å². The fourth-order valence-corrected chi connectivity index (χ4v) is 2.42. The van der Waals surface area contributed by atoms with E-state index in [0.717, 1.165) is 36.4 Å². The molecule has 2 rings (SSSR count). The third-order valence-electron chi connectivity index (χ3n) is 3.28. The van der Waals surface area contributed by atoms with E-state index in [9.17, 15) is 27.6 Å². The van der Waals surface area contributed by atoms with Gasteiger partial charge in [0, 0.05) is 0 Å². The maximum absolute atomic E-state index is 12.3. The van der Waals surface area contributed by atoms with E-state index < -0.39 is 57.1 Å². The fraction of sp³-hybridized carbons (Fsp3) is 0. The number of aromatic carboxylic acids is 3. The molecule has 0 aromatic heterocycles. The van der Waals surface area contributed by atoms with E-state index >= 15 is 0 Å². The highest BCUT2D eigenvalue weighted by atomic mass is 32.2. The molecule has 0 heterocycles. The molecule has 0 atom stereocenters. The first-order chi connectivity index (χ1) is 13.1. The average Bonchev–Trinajstić information content (AvgIpc) is 2.60. The Balaban J connectivity index is 2.44. The molecule has 0 aliphatic rings.